The molecule has 4 rings (SSSR count). The minimum absolute atomic E-state index is 0.105. The number of hydrogen-bond donors (Lipinski definition) is 2. The highest BCUT2D eigenvalue weighted by atomic mass is 35.5. The van der Waals surface area contributed by atoms with E-state index in [9.17, 15) is 9.50 Å². The second-order valence-corrected chi connectivity index (χ2v) is 8.04. The van der Waals surface area contributed by atoms with Crippen LogP contribution >= 0.6 is 23.2 Å². The number of aliphatic imine (C=N–C) groups is 1. The number of ether oxygens (including phenoxy) is 1. The minimum Gasteiger partial charge on any atom is -0.508 e. The maximum Gasteiger partial charge on any atom is 0.131 e. The smallest absolute Gasteiger partial charge is 0.131 e. The summed E-state index contributed by atoms with van der Waals surface area (Å²) in [6.45, 7) is 2.50. The predicted octanol–water partition coefficient (Wildman–Crippen LogP) is 6.46. The lowest BCUT2D eigenvalue weighted by molar-refractivity contribution is 0.340. The summed E-state index contributed by atoms with van der Waals surface area (Å²) in [5.41, 5.74) is 2.52. The first kappa shape index (κ1) is 21.6. The van der Waals surface area contributed by atoms with Crippen LogP contribution in [0, 0.1) is 5.82 Å². The van der Waals surface area contributed by atoms with Crippen LogP contribution in [0.3, 0.4) is 0 Å². The van der Waals surface area contributed by atoms with Crippen LogP contribution in [-0.2, 0) is 0 Å². The van der Waals surface area contributed by atoms with E-state index in [2.05, 4.69) is 5.32 Å². The van der Waals surface area contributed by atoms with Crippen LogP contribution in [0.4, 0.5) is 4.39 Å². The number of rotatable bonds is 5. The van der Waals surface area contributed by atoms with Crippen LogP contribution in [0.5, 0.6) is 11.5 Å². The Labute approximate surface area is 190 Å². The molecule has 2 atom stereocenters. The molecule has 0 saturated heterocycles. The summed E-state index contributed by atoms with van der Waals surface area (Å²) in [7, 11) is 0. The molecule has 0 aliphatic carbocycles. The predicted molar refractivity (Wildman–Crippen MR) is 122 cm³/mol. The first-order valence-electron chi connectivity index (χ1n) is 9.94. The van der Waals surface area contributed by atoms with Gasteiger partial charge in [-0.25, -0.2) is 4.39 Å². The van der Waals surface area contributed by atoms with Crippen molar-refractivity contribution < 1.29 is 14.2 Å². The number of nitrogens with one attached hydrogen (secondary N) is 1. The fourth-order valence-corrected chi connectivity index (χ4v) is 4.16. The van der Waals surface area contributed by atoms with Gasteiger partial charge in [-0.1, -0.05) is 29.3 Å². The molecule has 2 N–H and O–H groups in total. The SMILES string of the molecule is CCOc1ccc(C2=N[C@H](c3c(F)cccc3Cl)N[C@@H](c3cc(Cl)ccc3O)C2)cc1. The Hall–Kier alpha value is -2.60. The molecule has 1 aliphatic heterocycles. The number of halogens is 3. The number of benzene rings is 3. The standard InChI is InChI=1S/C24H21Cl2FN2O2/c1-2-31-16-9-6-14(7-10-16)20-13-21(17-12-15(25)8-11-22(17)30)29-24(28-20)23-18(26)4-3-5-19(23)27/h3-12,21,24,29-30H,2,13H2,1H3/t21-,24+/m1/s1. The minimum atomic E-state index is -0.729. The Morgan fingerprint density at radius 2 is 1.90 bits per heavy atom. The summed E-state index contributed by atoms with van der Waals surface area (Å²) < 4.78 is 20.2. The fourth-order valence-electron chi connectivity index (χ4n) is 3.72. The molecule has 160 valence electrons. The van der Waals surface area contributed by atoms with Gasteiger partial charge in [0, 0.05) is 34.3 Å². The number of hydrogen-bond acceptors (Lipinski definition) is 4. The van der Waals surface area contributed by atoms with Gasteiger partial charge in [0.05, 0.1) is 11.6 Å². The van der Waals surface area contributed by atoms with Gasteiger partial charge in [0.2, 0.25) is 0 Å². The van der Waals surface area contributed by atoms with Crippen molar-refractivity contribution in [1.29, 1.82) is 0 Å². The molecule has 3 aromatic carbocycles. The monoisotopic (exact) mass is 458 g/mol. The number of phenols is 1. The highest BCUT2D eigenvalue weighted by Crippen LogP contribution is 2.38. The first-order chi connectivity index (χ1) is 15.0. The van der Waals surface area contributed by atoms with Crippen LogP contribution in [0.1, 0.15) is 42.2 Å². The van der Waals surface area contributed by atoms with Gasteiger partial charge >= 0.3 is 0 Å². The molecule has 7 heteroatoms. The van der Waals surface area contributed by atoms with E-state index in [1.165, 1.54) is 6.07 Å². The Kier molecular flexibility index (Phi) is 6.46. The van der Waals surface area contributed by atoms with E-state index in [1.54, 1.807) is 30.3 Å². The number of phenolic OH excluding ortho intramolecular Hbond substituents is 1. The van der Waals surface area contributed by atoms with Gasteiger partial charge in [0.15, 0.2) is 0 Å². The summed E-state index contributed by atoms with van der Waals surface area (Å²) >= 11 is 12.5. The molecule has 4 nitrogen and oxygen atoms in total. The lowest BCUT2D eigenvalue weighted by Crippen LogP contribution is -2.33. The molecule has 1 heterocycles. The zero-order chi connectivity index (χ0) is 22.0. The molecule has 0 spiro atoms. The van der Waals surface area contributed by atoms with Gasteiger partial charge in [-0.3, -0.25) is 10.3 Å². The molecule has 1 aliphatic rings. The van der Waals surface area contributed by atoms with Gasteiger partial charge < -0.3 is 9.84 Å². The lowest BCUT2D eigenvalue weighted by atomic mass is 9.93. The molecule has 31 heavy (non-hydrogen) atoms. The van der Waals surface area contributed by atoms with E-state index < -0.39 is 12.0 Å². The quantitative estimate of drug-likeness (QED) is 0.461. The van der Waals surface area contributed by atoms with Crippen molar-refractivity contribution in [2.24, 2.45) is 4.99 Å². The van der Waals surface area contributed by atoms with E-state index in [1.807, 2.05) is 31.2 Å². The molecule has 0 radical (unpaired) electrons. The number of nitrogens with zero attached hydrogens (tertiary/aromatic N) is 1. The van der Waals surface area contributed by atoms with Crippen LogP contribution in [0.2, 0.25) is 10.0 Å². The Morgan fingerprint density at radius 3 is 2.61 bits per heavy atom. The highest BCUT2D eigenvalue weighted by molar-refractivity contribution is 6.31. The van der Waals surface area contributed by atoms with Gasteiger partial charge in [0.25, 0.3) is 0 Å². The summed E-state index contributed by atoms with van der Waals surface area (Å²) in [6.07, 6.45) is -0.253. The third-order valence-electron chi connectivity index (χ3n) is 5.18. The van der Waals surface area contributed by atoms with Crippen molar-refractivity contribution in [2.75, 3.05) is 6.61 Å². The van der Waals surface area contributed by atoms with Crippen LogP contribution in [-0.4, -0.2) is 17.4 Å². The van der Waals surface area contributed by atoms with Crippen molar-refractivity contribution in [3.63, 3.8) is 0 Å². The molecular formula is C24H21Cl2FN2O2. The van der Waals surface area contributed by atoms with E-state index >= 15 is 0 Å². The number of aromatic hydroxyl groups is 1. The molecule has 3 aromatic rings. The van der Waals surface area contributed by atoms with Crippen LogP contribution < -0.4 is 10.1 Å². The second kappa shape index (κ2) is 9.27. The molecule has 0 aromatic heterocycles. The van der Waals surface area contributed by atoms with Crippen molar-refractivity contribution in [1.82, 2.24) is 5.32 Å². The highest BCUT2D eigenvalue weighted by Gasteiger charge is 2.30. The van der Waals surface area contributed by atoms with Crippen molar-refractivity contribution >= 4 is 28.9 Å². The summed E-state index contributed by atoms with van der Waals surface area (Å²) in [5.74, 6) is 0.419. The maximum absolute atomic E-state index is 14.7. The molecule has 0 fully saturated rings. The third-order valence-corrected chi connectivity index (χ3v) is 5.74. The van der Waals surface area contributed by atoms with Crippen LogP contribution in [0.15, 0.2) is 65.7 Å². The van der Waals surface area contributed by atoms with Crippen molar-refractivity contribution in [3.8, 4) is 11.5 Å². The normalized spacial score (nSPS) is 18.5. The summed E-state index contributed by atoms with van der Waals surface area (Å²) in [5, 5.41) is 14.5. The molecule has 0 saturated carbocycles. The zero-order valence-corrected chi connectivity index (χ0v) is 18.3. The summed E-state index contributed by atoms with van der Waals surface area (Å²) in [4.78, 5) is 4.77. The lowest BCUT2D eigenvalue weighted by Gasteiger charge is -2.31. The molecular weight excluding hydrogens is 438 g/mol. The van der Waals surface area contributed by atoms with Crippen LogP contribution in [0.25, 0.3) is 0 Å². The third kappa shape index (κ3) is 4.69. The molecule has 0 amide bonds. The van der Waals surface area contributed by atoms with Gasteiger partial charge in [0.1, 0.15) is 23.5 Å². The van der Waals surface area contributed by atoms with Gasteiger partial charge in [-0.05, 0) is 67.1 Å². The van der Waals surface area contributed by atoms with Gasteiger partial charge in [-0.2, -0.15) is 0 Å². The van der Waals surface area contributed by atoms with Crippen molar-refractivity contribution in [2.45, 2.75) is 25.6 Å². The van der Waals surface area contributed by atoms with Crippen molar-refractivity contribution in [3.05, 3.63) is 93.2 Å². The zero-order valence-electron chi connectivity index (χ0n) is 16.8. The van der Waals surface area contributed by atoms with Gasteiger partial charge in [-0.15, -0.1) is 0 Å². The Bertz CT molecular complexity index is 1100. The molecule has 0 bridgehead atoms. The largest absolute Gasteiger partial charge is 0.508 e. The van der Waals surface area contributed by atoms with E-state index in [0.29, 0.717) is 23.6 Å². The van der Waals surface area contributed by atoms with E-state index in [-0.39, 0.29) is 22.4 Å². The van der Waals surface area contributed by atoms with E-state index in [4.69, 9.17) is 32.9 Å². The Balaban J connectivity index is 1.78. The Morgan fingerprint density at radius 1 is 1.13 bits per heavy atom. The first-order valence-corrected chi connectivity index (χ1v) is 10.7. The summed E-state index contributed by atoms with van der Waals surface area (Å²) in [6, 6.07) is 16.7. The topological polar surface area (TPSA) is 53.8 Å². The average molecular weight is 459 g/mol. The second-order valence-electron chi connectivity index (χ2n) is 7.20. The maximum atomic E-state index is 14.7. The fraction of sp³-hybridized carbons (Fsp3) is 0.208. The van der Waals surface area contributed by atoms with E-state index in [0.717, 1.165) is 17.0 Å². The average Bonchev–Trinajstić information content (AvgIpc) is 2.76. The molecule has 0 unspecified atom stereocenters.